The number of amides is 1. The van der Waals surface area contributed by atoms with Gasteiger partial charge in [0.2, 0.25) is 5.91 Å². The molecule has 3 aromatic rings. The van der Waals surface area contributed by atoms with Crippen LogP contribution in [-0.2, 0) is 16.1 Å². The van der Waals surface area contributed by atoms with Crippen LogP contribution in [0, 0.1) is 5.92 Å². The van der Waals surface area contributed by atoms with Crippen molar-refractivity contribution in [1.29, 1.82) is 0 Å². The molecule has 10 heteroatoms. The van der Waals surface area contributed by atoms with Crippen molar-refractivity contribution in [2.45, 2.75) is 38.7 Å². The fourth-order valence-corrected chi connectivity index (χ4v) is 4.02. The molecule has 0 unspecified atom stereocenters. The lowest BCUT2D eigenvalue weighted by molar-refractivity contribution is -0.267. The molecular formula is C26H26ClF3N4O2. The van der Waals surface area contributed by atoms with Gasteiger partial charge in [0.15, 0.2) is 11.4 Å². The highest BCUT2D eigenvalue weighted by molar-refractivity contribution is 6.31. The van der Waals surface area contributed by atoms with Crippen molar-refractivity contribution in [1.82, 2.24) is 15.1 Å². The van der Waals surface area contributed by atoms with E-state index in [9.17, 15) is 18.0 Å². The lowest BCUT2D eigenvalue weighted by atomic mass is 10.1. The van der Waals surface area contributed by atoms with Crippen LogP contribution in [0.2, 0.25) is 5.02 Å². The van der Waals surface area contributed by atoms with E-state index in [0.29, 0.717) is 40.6 Å². The third-order valence-electron chi connectivity index (χ3n) is 5.96. The molecule has 190 valence electrons. The number of benzene rings is 2. The molecular weight excluding hydrogens is 493 g/mol. The van der Waals surface area contributed by atoms with E-state index < -0.39 is 11.8 Å². The van der Waals surface area contributed by atoms with Crippen molar-refractivity contribution in [3.63, 3.8) is 0 Å². The van der Waals surface area contributed by atoms with Crippen LogP contribution in [-0.4, -0.2) is 34.0 Å². The van der Waals surface area contributed by atoms with E-state index in [1.54, 1.807) is 28.9 Å². The molecule has 2 aromatic carbocycles. The van der Waals surface area contributed by atoms with Gasteiger partial charge in [-0.3, -0.25) is 4.79 Å². The highest BCUT2D eigenvalue weighted by Crippen LogP contribution is 2.35. The average Bonchev–Trinajstić information content (AvgIpc) is 3.44. The molecule has 0 radical (unpaired) electrons. The van der Waals surface area contributed by atoms with Gasteiger partial charge in [-0.05, 0) is 56.2 Å². The largest absolute Gasteiger partial charge is 0.416 e. The van der Waals surface area contributed by atoms with E-state index in [0.717, 1.165) is 25.2 Å². The summed E-state index contributed by atoms with van der Waals surface area (Å²) in [6, 6.07) is 15.9. The number of carbonyl (C=O) groups excluding carboxylic acids is 1. The van der Waals surface area contributed by atoms with Gasteiger partial charge < -0.3 is 15.4 Å². The summed E-state index contributed by atoms with van der Waals surface area (Å²) in [6.07, 6.45) is -3.97. The van der Waals surface area contributed by atoms with Crippen LogP contribution < -0.4 is 10.6 Å². The predicted octanol–water partition coefficient (Wildman–Crippen LogP) is 6.11. The summed E-state index contributed by atoms with van der Waals surface area (Å²) in [6.45, 7) is 6.03. The molecule has 1 saturated heterocycles. The van der Waals surface area contributed by atoms with Crippen LogP contribution in [0.1, 0.15) is 25.8 Å². The second-order valence-corrected chi connectivity index (χ2v) is 9.62. The zero-order valence-corrected chi connectivity index (χ0v) is 20.6. The summed E-state index contributed by atoms with van der Waals surface area (Å²) in [4.78, 5) is 12.8. The minimum absolute atomic E-state index is 0.181. The van der Waals surface area contributed by atoms with E-state index in [4.69, 9.17) is 16.3 Å². The average molecular weight is 519 g/mol. The highest BCUT2D eigenvalue weighted by Gasteiger charge is 2.48. The summed E-state index contributed by atoms with van der Waals surface area (Å²) in [5.74, 6) is -0.0953. The SMILES string of the molecule is C=C1C[C@H](C(=O)Nc2cc(-c3cc(Cl)cc(COC(C)(C)C(F)(F)F)c3)n(-c3ccccc3)n2)CN1. The number of hydrogen-bond donors (Lipinski definition) is 2. The predicted molar refractivity (Wildman–Crippen MR) is 133 cm³/mol. The van der Waals surface area contributed by atoms with E-state index in [1.807, 2.05) is 30.3 Å². The van der Waals surface area contributed by atoms with Gasteiger partial charge in [-0.25, -0.2) is 4.68 Å². The Morgan fingerprint density at radius 1 is 1.22 bits per heavy atom. The fourth-order valence-electron chi connectivity index (χ4n) is 3.76. The lowest BCUT2D eigenvalue weighted by Gasteiger charge is -2.28. The first kappa shape index (κ1) is 25.8. The summed E-state index contributed by atoms with van der Waals surface area (Å²) in [5, 5.41) is 10.8. The molecule has 6 nitrogen and oxygen atoms in total. The first-order valence-corrected chi connectivity index (χ1v) is 11.7. The number of ether oxygens (including phenoxy) is 1. The van der Waals surface area contributed by atoms with Crippen molar-refractivity contribution < 1.29 is 22.7 Å². The van der Waals surface area contributed by atoms with Crippen molar-refractivity contribution in [2.24, 2.45) is 5.92 Å². The second-order valence-electron chi connectivity index (χ2n) is 9.18. The maximum absolute atomic E-state index is 13.2. The monoisotopic (exact) mass is 518 g/mol. The Hall–Kier alpha value is -3.30. The second kappa shape index (κ2) is 9.99. The van der Waals surface area contributed by atoms with Gasteiger partial charge in [0.25, 0.3) is 0 Å². The van der Waals surface area contributed by atoms with Gasteiger partial charge >= 0.3 is 6.18 Å². The summed E-state index contributed by atoms with van der Waals surface area (Å²) in [5.41, 5.74) is 0.909. The number of anilines is 1. The van der Waals surface area contributed by atoms with Crippen LogP contribution in [0.4, 0.5) is 19.0 Å². The number of nitrogens with one attached hydrogen (secondary N) is 2. The van der Waals surface area contributed by atoms with Crippen molar-refractivity contribution in [3.8, 4) is 16.9 Å². The van der Waals surface area contributed by atoms with Crippen LogP contribution in [0.3, 0.4) is 0 Å². The number of halogens is 4. The number of rotatable bonds is 7. The number of alkyl halides is 3. The molecule has 1 amide bonds. The van der Waals surface area contributed by atoms with Gasteiger partial charge in [-0.1, -0.05) is 36.4 Å². The quantitative estimate of drug-likeness (QED) is 0.396. The van der Waals surface area contributed by atoms with Gasteiger partial charge in [-0.2, -0.15) is 13.2 Å². The number of carbonyl (C=O) groups is 1. The van der Waals surface area contributed by atoms with Crippen LogP contribution in [0.15, 0.2) is 66.9 Å². The van der Waals surface area contributed by atoms with E-state index >= 15 is 0 Å². The van der Waals surface area contributed by atoms with E-state index in [2.05, 4.69) is 22.3 Å². The van der Waals surface area contributed by atoms with Gasteiger partial charge in [0.1, 0.15) is 0 Å². The number of nitrogens with zero attached hydrogens (tertiary/aromatic N) is 2. The molecule has 1 aromatic heterocycles. The van der Waals surface area contributed by atoms with Crippen molar-refractivity contribution >= 4 is 23.3 Å². The number of para-hydroxylation sites is 1. The maximum atomic E-state index is 13.2. The topological polar surface area (TPSA) is 68.2 Å². The lowest BCUT2D eigenvalue weighted by Crippen LogP contribution is -2.41. The number of allylic oxidation sites excluding steroid dienone is 1. The van der Waals surface area contributed by atoms with E-state index in [1.165, 1.54) is 0 Å². The Morgan fingerprint density at radius 2 is 1.94 bits per heavy atom. The molecule has 2 N–H and O–H groups in total. The number of hydrogen-bond acceptors (Lipinski definition) is 4. The van der Waals surface area contributed by atoms with Gasteiger partial charge in [0.05, 0.1) is 23.9 Å². The normalized spacial score (nSPS) is 16.2. The molecule has 0 aliphatic carbocycles. The zero-order chi connectivity index (χ0) is 26.1. The molecule has 4 rings (SSSR count). The molecule has 2 heterocycles. The Kier molecular flexibility index (Phi) is 7.15. The van der Waals surface area contributed by atoms with Gasteiger partial charge in [-0.15, -0.1) is 5.10 Å². The highest BCUT2D eigenvalue weighted by atomic mass is 35.5. The Morgan fingerprint density at radius 3 is 2.58 bits per heavy atom. The number of aromatic nitrogens is 2. The molecule has 1 fully saturated rings. The third kappa shape index (κ3) is 5.74. The Balaban J connectivity index is 1.67. The molecule has 1 atom stereocenters. The minimum Gasteiger partial charge on any atom is -0.388 e. The van der Waals surface area contributed by atoms with Crippen molar-refractivity contribution in [2.75, 3.05) is 11.9 Å². The minimum atomic E-state index is -4.52. The Labute approximate surface area is 212 Å². The fraction of sp³-hybridized carbons (Fsp3) is 0.308. The summed E-state index contributed by atoms with van der Waals surface area (Å²) < 4.78 is 46.5. The molecule has 1 aliphatic heterocycles. The smallest absolute Gasteiger partial charge is 0.388 e. The first-order chi connectivity index (χ1) is 16.9. The molecule has 1 aliphatic rings. The van der Waals surface area contributed by atoms with Crippen LogP contribution >= 0.6 is 11.6 Å². The maximum Gasteiger partial charge on any atom is 0.416 e. The standard InChI is InChI=1S/C26H26ClF3N4O2/c1-16-9-19(14-31-16)24(35)32-23-13-22(34(33-23)21-7-5-4-6-8-21)18-10-17(11-20(27)12-18)15-36-25(2,3)26(28,29)30/h4-8,10-13,19,31H,1,9,14-15H2,2-3H3,(H,32,33,35)/t19-/m0/s1. The molecule has 0 spiro atoms. The first-order valence-electron chi connectivity index (χ1n) is 11.3. The summed E-state index contributed by atoms with van der Waals surface area (Å²) >= 11 is 6.34. The van der Waals surface area contributed by atoms with Crippen LogP contribution in [0.25, 0.3) is 16.9 Å². The van der Waals surface area contributed by atoms with E-state index in [-0.39, 0.29) is 18.4 Å². The zero-order valence-electron chi connectivity index (χ0n) is 19.8. The third-order valence-corrected chi connectivity index (χ3v) is 6.18. The Bertz CT molecular complexity index is 1270. The van der Waals surface area contributed by atoms with Crippen molar-refractivity contribution in [3.05, 3.63) is 77.5 Å². The molecule has 36 heavy (non-hydrogen) atoms. The summed E-state index contributed by atoms with van der Waals surface area (Å²) in [7, 11) is 0. The van der Waals surface area contributed by atoms with Crippen LogP contribution in [0.5, 0.6) is 0 Å². The molecule has 0 saturated carbocycles. The van der Waals surface area contributed by atoms with Gasteiger partial charge in [0, 0.05) is 28.9 Å². The molecule has 0 bridgehead atoms.